The zero-order chi connectivity index (χ0) is 24.9. The average Bonchev–Trinajstić information content (AvgIpc) is 3.52. The zero-order valence-corrected chi connectivity index (χ0v) is 21.0. The molecule has 1 fully saturated rings. The Bertz CT molecular complexity index is 1290. The number of carbonyl (C=O) groups excluding carboxylic acids is 1. The van der Waals surface area contributed by atoms with Crippen LogP contribution in [-0.2, 0) is 11.3 Å². The number of halogens is 1. The van der Waals surface area contributed by atoms with Gasteiger partial charge in [0.2, 0.25) is 11.7 Å². The van der Waals surface area contributed by atoms with Crippen molar-refractivity contribution in [2.75, 3.05) is 25.0 Å². The maximum absolute atomic E-state index is 13.2. The van der Waals surface area contributed by atoms with Crippen LogP contribution in [-0.4, -0.2) is 50.9 Å². The number of carbonyl (C=O) groups is 1. The van der Waals surface area contributed by atoms with Crippen LogP contribution in [0.5, 0.6) is 0 Å². The molecule has 4 rings (SSSR count). The van der Waals surface area contributed by atoms with Crippen LogP contribution >= 0.6 is 11.6 Å². The first-order chi connectivity index (χ1) is 16.9. The van der Waals surface area contributed by atoms with E-state index in [9.17, 15) is 9.59 Å². The predicted octanol–water partition coefficient (Wildman–Crippen LogP) is 4.35. The number of nitrogens with zero attached hydrogens (tertiary/aromatic N) is 6. The number of hydrogen-bond donors (Lipinski definition) is 0. The summed E-state index contributed by atoms with van der Waals surface area (Å²) in [6.07, 6.45) is 6.72. The second kappa shape index (κ2) is 11.0. The van der Waals surface area contributed by atoms with Crippen molar-refractivity contribution < 1.29 is 4.79 Å². The second-order valence-corrected chi connectivity index (χ2v) is 9.46. The van der Waals surface area contributed by atoms with Gasteiger partial charge in [0.1, 0.15) is 11.9 Å². The number of rotatable bonds is 9. The number of unbranched alkanes of at least 4 members (excludes halogenated alkanes) is 2. The molecule has 0 saturated carbocycles. The van der Waals surface area contributed by atoms with Crippen LogP contribution in [0.4, 0.5) is 5.82 Å². The molecule has 9 heteroatoms. The number of imidazole rings is 1. The lowest BCUT2D eigenvalue weighted by molar-refractivity contribution is -0.131. The highest BCUT2D eigenvalue weighted by molar-refractivity contribution is 6.30. The Morgan fingerprint density at radius 2 is 2.06 bits per heavy atom. The van der Waals surface area contributed by atoms with E-state index in [4.69, 9.17) is 21.8 Å². The first kappa shape index (κ1) is 24.8. The van der Waals surface area contributed by atoms with Crippen LogP contribution in [0.1, 0.15) is 45.4 Å². The van der Waals surface area contributed by atoms with Crippen molar-refractivity contribution in [1.29, 1.82) is 5.26 Å². The third-order valence-corrected chi connectivity index (χ3v) is 6.84. The van der Waals surface area contributed by atoms with E-state index in [-0.39, 0.29) is 17.5 Å². The fourth-order valence-corrected chi connectivity index (χ4v) is 4.82. The highest BCUT2D eigenvalue weighted by Gasteiger charge is 2.34. The summed E-state index contributed by atoms with van der Waals surface area (Å²) in [6.45, 7) is 3.94. The number of benzene rings is 1. The molecule has 0 unspecified atom stereocenters. The van der Waals surface area contributed by atoms with E-state index in [2.05, 4.69) is 22.5 Å². The summed E-state index contributed by atoms with van der Waals surface area (Å²) < 4.78 is 3.67. The SMILES string of the molecule is CCCCCn1c(N2CCC[C@H]2C(=O)N(C)CCC#N)cc(=O)n2cc(-c3ccc(Cl)cc3)nc12. The molecule has 0 N–H and O–H groups in total. The lowest BCUT2D eigenvalue weighted by Gasteiger charge is -2.31. The van der Waals surface area contributed by atoms with E-state index >= 15 is 0 Å². The Morgan fingerprint density at radius 3 is 2.77 bits per heavy atom. The lowest BCUT2D eigenvalue weighted by Crippen LogP contribution is -2.45. The normalized spacial score (nSPS) is 15.5. The molecule has 0 radical (unpaired) electrons. The Morgan fingerprint density at radius 1 is 1.29 bits per heavy atom. The van der Waals surface area contributed by atoms with Gasteiger partial charge in [0.25, 0.3) is 5.56 Å². The van der Waals surface area contributed by atoms with Gasteiger partial charge >= 0.3 is 0 Å². The van der Waals surface area contributed by atoms with Gasteiger partial charge in [0, 0.05) is 49.5 Å². The molecule has 1 amide bonds. The molecule has 1 aliphatic rings. The Kier molecular flexibility index (Phi) is 7.76. The summed E-state index contributed by atoms with van der Waals surface area (Å²) in [5, 5.41) is 9.55. The molecule has 1 saturated heterocycles. The van der Waals surface area contributed by atoms with Crippen molar-refractivity contribution >= 4 is 29.1 Å². The standard InChI is InChI=1S/C26H31ClN6O2/c1-3-4-5-15-32-23(31-16-6-8-22(31)25(35)30(2)14-7-13-28)17-24(34)33-18-21(29-26(32)33)19-9-11-20(27)12-10-19/h9-12,17-18,22H,3-8,14-16H2,1-2H3/t22-/m0/s1. The molecule has 1 aliphatic heterocycles. The van der Waals surface area contributed by atoms with Crippen molar-refractivity contribution in [2.24, 2.45) is 0 Å². The van der Waals surface area contributed by atoms with Gasteiger partial charge in [-0.3, -0.25) is 18.6 Å². The molecule has 1 aromatic carbocycles. The summed E-state index contributed by atoms with van der Waals surface area (Å²) in [7, 11) is 1.74. The average molecular weight is 495 g/mol. The summed E-state index contributed by atoms with van der Waals surface area (Å²) in [6, 6.07) is 10.8. The van der Waals surface area contributed by atoms with Crippen LogP contribution < -0.4 is 10.5 Å². The topological polar surface area (TPSA) is 86.6 Å². The molecule has 0 bridgehead atoms. The molecule has 0 spiro atoms. The van der Waals surface area contributed by atoms with E-state index in [1.165, 1.54) is 0 Å². The van der Waals surface area contributed by atoms with Gasteiger partial charge in [-0.25, -0.2) is 4.98 Å². The molecule has 2 aromatic heterocycles. The largest absolute Gasteiger partial charge is 0.346 e. The number of amides is 1. The van der Waals surface area contributed by atoms with Crippen LogP contribution in [0.15, 0.2) is 41.3 Å². The van der Waals surface area contributed by atoms with E-state index in [1.807, 2.05) is 24.3 Å². The van der Waals surface area contributed by atoms with Gasteiger partial charge in [-0.2, -0.15) is 5.26 Å². The minimum Gasteiger partial charge on any atom is -0.346 e. The maximum atomic E-state index is 13.2. The highest BCUT2D eigenvalue weighted by Crippen LogP contribution is 2.29. The number of aryl methyl sites for hydroxylation is 1. The summed E-state index contributed by atoms with van der Waals surface area (Å²) >= 11 is 6.05. The van der Waals surface area contributed by atoms with Gasteiger partial charge < -0.3 is 9.80 Å². The van der Waals surface area contributed by atoms with E-state index < -0.39 is 0 Å². The van der Waals surface area contributed by atoms with Gasteiger partial charge in [-0.15, -0.1) is 0 Å². The first-order valence-corrected chi connectivity index (χ1v) is 12.6. The first-order valence-electron chi connectivity index (χ1n) is 12.2. The van der Waals surface area contributed by atoms with Crippen molar-refractivity contribution in [3.05, 3.63) is 51.9 Å². The maximum Gasteiger partial charge on any atom is 0.261 e. The van der Waals surface area contributed by atoms with Crippen molar-refractivity contribution in [3.63, 3.8) is 0 Å². The Labute approximate surface area is 210 Å². The molecule has 0 aliphatic carbocycles. The minimum atomic E-state index is -0.358. The Balaban J connectivity index is 1.78. The van der Waals surface area contributed by atoms with Crippen LogP contribution in [0.25, 0.3) is 17.0 Å². The monoisotopic (exact) mass is 494 g/mol. The molecular formula is C26H31ClN6O2. The molecule has 1 atom stereocenters. The Hall–Kier alpha value is -3.31. The van der Waals surface area contributed by atoms with Gasteiger partial charge in [0.05, 0.1) is 18.2 Å². The van der Waals surface area contributed by atoms with E-state index in [0.29, 0.717) is 49.0 Å². The number of aromatic nitrogens is 3. The van der Waals surface area contributed by atoms with Gasteiger partial charge in [0.15, 0.2) is 0 Å². The molecule has 184 valence electrons. The van der Waals surface area contributed by atoms with Gasteiger partial charge in [-0.05, 0) is 31.4 Å². The molecule has 3 aromatic rings. The van der Waals surface area contributed by atoms with Crippen LogP contribution in [0, 0.1) is 11.3 Å². The molecule has 3 heterocycles. The lowest BCUT2D eigenvalue weighted by atomic mass is 10.2. The molecule has 35 heavy (non-hydrogen) atoms. The third-order valence-electron chi connectivity index (χ3n) is 6.59. The quantitative estimate of drug-likeness (QED) is 0.413. The number of anilines is 1. The molecule has 8 nitrogen and oxygen atoms in total. The second-order valence-electron chi connectivity index (χ2n) is 9.02. The smallest absolute Gasteiger partial charge is 0.261 e. The summed E-state index contributed by atoms with van der Waals surface area (Å²) in [5.41, 5.74) is 1.41. The molecular weight excluding hydrogens is 464 g/mol. The number of likely N-dealkylation sites (N-methyl/N-ethyl adjacent to an activating group) is 1. The summed E-state index contributed by atoms with van der Waals surface area (Å²) in [5.74, 6) is 1.29. The number of hydrogen-bond acceptors (Lipinski definition) is 5. The number of nitriles is 1. The van der Waals surface area contributed by atoms with Crippen molar-refractivity contribution in [1.82, 2.24) is 18.9 Å². The van der Waals surface area contributed by atoms with Crippen LogP contribution in [0.2, 0.25) is 5.02 Å². The van der Waals surface area contributed by atoms with Crippen molar-refractivity contribution in [3.8, 4) is 17.3 Å². The fourth-order valence-electron chi connectivity index (χ4n) is 4.70. The van der Waals surface area contributed by atoms with Gasteiger partial charge in [-0.1, -0.05) is 43.5 Å². The highest BCUT2D eigenvalue weighted by atomic mass is 35.5. The third kappa shape index (κ3) is 5.20. The predicted molar refractivity (Wildman–Crippen MR) is 138 cm³/mol. The van der Waals surface area contributed by atoms with E-state index in [1.54, 1.807) is 28.6 Å². The van der Waals surface area contributed by atoms with E-state index in [0.717, 1.165) is 37.1 Å². The fraction of sp³-hybridized carbons (Fsp3) is 0.462. The zero-order valence-electron chi connectivity index (χ0n) is 20.3. The minimum absolute atomic E-state index is 0.0182. The number of fused-ring (bicyclic) bond motifs is 1. The van der Waals surface area contributed by atoms with Crippen molar-refractivity contribution in [2.45, 2.75) is 58.0 Å². The summed E-state index contributed by atoms with van der Waals surface area (Å²) in [4.78, 5) is 35.0. The van der Waals surface area contributed by atoms with Crippen LogP contribution in [0.3, 0.4) is 0 Å².